The van der Waals surface area contributed by atoms with Gasteiger partial charge in [-0.05, 0) is 36.2 Å². The van der Waals surface area contributed by atoms with Crippen LogP contribution in [0.3, 0.4) is 0 Å². The molecule has 19 heavy (non-hydrogen) atoms. The van der Waals surface area contributed by atoms with Gasteiger partial charge in [-0.2, -0.15) is 0 Å². The Balaban J connectivity index is 2.01. The highest BCUT2D eigenvalue weighted by molar-refractivity contribution is 7.90. The van der Waals surface area contributed by atoms with Gasteiger partial charge in [-0.15, -0.1) is 0 Å². The van der Waals surface area contributed by atoms with E-state index in [-0.39, 0.29) is 10.7 Å². The molecule has 0 atom stereocenters. The van der Waals surface area contributed by atoms with Crippen molar-refractivity contribution in [2.45, 2.75) is 18.1 Å². The minimum absolute atomic E-state index is 0.00606. The first kappa shape index (κ1) is 12.4. The van der Waals surface area contributed by atoms with E-state index in [1.807, 2.05) is 24.3 Å². The van der Waals surface area contributed by atoms with Gasteiger partial charge in [0, 0.05) is 0 Å². The molecule has 1 aromatic carbocycles. The summed E-state index contributed by atoms with van der Waals surface area (Å²) in [7, 11) is -3.59. The average molecular weight is 296 g/mol. The molecule has 1 aliphatic carbocycles. The maximum Gasteiger partial charge on any atom is 0.244 e. The molecule has 0 saturated heterocycles. The van der Waals surface area contributed by atoms with Gasteiger partial charge < -0.3 is 10.1 Å². The molecule has 1 heterocycles. The number of aromatic nitrogens is 2. The molecule has 0 saturated carbocycles. The third-order valence-corrected chi connectivity index (χ3v) is 5.81. The zero-order chi connectivity index (χ0) is 13.6. The molecular formula is C12H12N2O3S2. The summed E-state index contributed by atoms with van der Waals surface area (Å²) in [6.45, 7) is 0. The molecule has 0 bridgehead atoms. The molecule has 2 aromatic rings. The van der Waals surface area contributed by atoms with Gasteiger partial charge in [0.25, 0.3) is 0 Å². The van der Waals surface area contributed by atoms with Crippen molar-refractivity contribution in [3.8, 4) is 5.88 Å². The number of rotatable bonds is 2. The normalized spacial score (nSPS) is 15.6. The number of H-pyrrole nitrogens is 1. The molecule has 0 fully saturated rings. The van der Waals surface area contributed by atoms with Crippen LogP contribution >= 0.6 is 12.2 Å². The lowest BCUT2D eigenvalue weighted by molar-refractivity contribution is 0.456. The number of nitrogens with zero attached hydrogens (tertiary/aromatic N) is 1. The Kier molecular flexibility index (Phi) is 2.75. The minimum atomic E-state index is -3.59. The van der Waals surface area contributed by atoms with Crippen LogP contribution < -0.4 is 0 Å². The van der Waals surface area contributed by atoms with E-state index < -0.39 is 15.3 Å². The number of nitrogens with one attached hydrogen (secondary N) is 1. The van der Waals surface area contributed by atoms with Crippen LogP contribution in [0.1, 0.15) is 11.1 Å². The topological polar surface area (TPSA) is 75.1 Å². The van der Waals surface area contributed by atoms with Gasteiger partial charge in [0.15, 0.2) is 4.77 Å². The van der Waals surface area contributed by atoms with Gasteiger partial charge in [-0.1, -0.05) is 24.3 Å². The van der Waals surface area contributed by atoms with Gasteiger partial charge in [0.2, 0.25) is 15.9 Å². The van der Waals surface area contributed by atoms with Crippen LogP contribution in [0.25, 0.3) is 0 Å². The number of hydrogen-bond donors (Lipinski definition) is 2. The first-order valence-corrected chi connectivity index (χ1v) is 7.71. The van der Waals surface area contributed by atoms with Crippen LogP contribution in [0.2, 0.25) is 0 Å². The second-order valence-corrected chi connectivity index (χ2v) is 7.06. The second-order valence-electron chi connectivity index (χ2n) is 4.58. The van der Waals surface area contributed by atoms with Gasteiger partial charge >= 0.3 is 0 Å². The molecule has 7 heteroatoms. The lowest BCUT2D eigenvalue weighted by atomic mass is 10.1. The van der Waals surface area contributed by atoms with E-state index in [1.54, 1.807) is 0 Å². The fourth-order valence-corrected chi connectivity index (χ4v) is 4.54. The highest BCUT2D eigenvalue weighted by Gasteiger charge is 2.34. The quantitative estimate of drug-likeness (QED) is 0.825. The third kappa shape index (κ3) is 1.98. The molecule has 0 spiro atoms. The predicted octanol–water partition coefficient (Wildman–Crippen LogP) is 1.60. The van der Waals surface area contributed by atoms with Crippen molar-refractivity contribution in [3.05, 3.63) is 46.4 Å². The number of imidazole rings is 1. The summed E-state index contributed by atoms with van der Waals surface area (Å²) in [6, 6.07) is 7.70. The number of fused-ring (bicyclic) bond motifs is 1. The van der Waals surface area contributed by atoms with E-state index in [2.05, 4.69) is 4.98 Å². The summed E-state index contributed by atoms with van der Waals surface area (Å²) in [6.07, 6.45) is 2.07. The van der Waals surface area contributed by atoms with Crippen molar-refractivity contribution in [2.75, 3.05) is 0 Å². The van der Waals surface area contributed by atoms with Crippen molar-refractivity contribution in [3.63, 3.8) is 0 Å². The van der Waals surface area contributed by atoms with Crippen molar-refractivity contribution in [2.24, 2.45) is 0 Å². The zero-order valence-corrected chi connectivity index (χ0v) is 11.5. The van der Waals surface area contributed by atoms with Gasteiger partial charge in [-0.3, -0.25) is 0 Å². The molecule has 3 rings (SSSR count). The van der Waals surface area contributed by atoms with E-state index >= 15 is 0 Å². The standard InChI is InChI=1S/C12H12N2O3S2/c15-11-7-14(12(18)13-11)19(16,17)10-5-8-3-1-2-4-9(8)6-10/h1-4,7,10,15H,5-6H2,(H,13,18). The molecule has 1 aliphatic rings. The van der Waals surface area contributed by atoms with Gasteiger partial charge in [0.1, 0.15) is 0 Å². The number of aromatic hydroxyl groups is 1. The van der Waals surface area contributed by atoms with Crippen LogP contribution in [-0.2, 0) is 22.9 Å². The summed E-state index contributed by atoms with van der Waals surface area (Å²) in [4.78, 5) is 2.41. The Hall–Kier alpha value is -1.60. The molecular weight excluding hydrogens is 284 g/mol. The maximum atomic E-state index is 12.5. The summed E-state index contributed by atoms with van der Waals surface area (Å²) < 4.78 is 26.0. The van der Waals surface area contributed by atoms with Crippen LogP contribution in [0.4, 0.5) is 0 Å². The van der Waals surface area contributed by atoms with E-state index in [1.165, 1.54) is 0 Å². The monoisotopic (exact) mass is 296 g/mol. The van der Waals surface area contributed by atoms with Crippen LogP contribution in [-0.4, -0.2) is 27.7 Å². The molecule has 0 aliphatic heterocycles. The van der Waals surface area contributed by atoms with Crippen molar-refractivity contribution in [1.82, 2.24) is 8.96 Å². The fraction of sp³-hybridized carbons (Fsp3) is 0.250. The van der Waals surface area contributed by atoms with Crippen LogP contribution in [0.5, 0.6) is 5.88 Å². The Morgan fingerprint density at radius 3 is 2.32 bits per heavy atom. The first-order valence-electron chi connectivity index (χ1n) is 5.80. The van der Waals surface area contributed by atoms with Gasteiger partial charge in [0.05, 0.1) is 11.4 Å². The van der Waals surface area contributed by atoms with Gasteiger partial charge in [-0.25, -0.2) is 12.4 Å². The minimum Gasteiger partial charge on any atom is -0.493 e. The molecule has 100 valence electrons. The van der Waals surface area contributed by atoms with E-state index in [4.69, 9.17) is 12.2 Å². The summed E-state index contributed by atoms with van der Waals surface area (Å²) in [5, 5.41) is 8.77. The van der Waals surface area contributed by atoms with E-state index in [0.717, 1.165) is 21.3 Å². The SMILES string of the molecule is O=S(=O)(C1Cc2ccccc2C1)n1cc(O)[nH]c1=S. The summed E-state index contributed by atoms with van der Waals surface area (Å²) in [5.41, 5.74) is 2.12. The third-order valence-electron chi connectivity index (χ3n) is 3.38. The van der Waals surface area contributed by atoms with Crippen molar-refractivity contribution in [1.29, 1.82) is 0 Å². The average Bonchev–Trinajstić information content (AvgIpc) is 2.92. The van der Waals surface area contributed by atoms with Crippen molar-refractivity contribution >= 4 is 22.2 Å². The Labute approximate surface area is 115 Å². The Morgan fingerprint density at radius 2 is 1.84 bits per heavy atom. The molecule has 0 unspecified atom stereocenters. The highest BCUT2D eigenvalue weighted by atomic mass is 32.2. The Morgan fingerprint density at radius 1 is 1.26 bits per heavy atom. The largest absolute Gasteiger partial charge is 0.493 e. The number of hydrogen-bond acceptors (Lipinski definition) is 4. The summed E-state index contributed by atoms with van der Waals surface area (Å²) >= 11 is 4.91. The first-order chi connectivity index (χ1) is 8.98. The zero-order valence-electron chi connectivity index (χ0n) is 9.91. The Bertz CT molecular complexity index is 764. The highest BCUT2D eigenvalue weighted by Crippen LogP contribution is 2.28. The lowest BCUT2D eigenvalue weighted by Gasteiger charge is -2.11. The predicted molar refractivity (Wildman–Crippen MR) is 73.2 cm³/mol. The molecule has 5 nitrogen and oxygen atoms in total. The maximum absolute atomic E-state index is 12.5. The van der Waals surface area contributed by atoms with Crippen LogP contribution in [0.15, 0.2) is 30.5 Å². The number of benzene rings is 1. The van der Waals surface area contributed by atoms with E-state index in [0.29, 0.717) is 12.8 Å². The lowest BCUT2D eigenvalue weighted by Crippen LogP contribution is -2.27. The smallest absolute Gasteiger partial charge is 0.244 e. The molecule has 1 aromatic heterocycles. The van der Waals surface area contributed by atoms with Crippen LogP contribution in [0, 0.1) is 4.77 Å². The summed E-state index contributed by atoms with van der Waals surface area (Å²) in [5.74, 6) is -0.246. The molecule has 0 amide bonds. The fourth-order valence-electron chi connectivity index (χ4n) is 2.45. The second kappa shape index (κ2) is 4.21. The van der Waals surface area contributed by atoms with E-state index in [9.17, 15) is 13.5 Å². The van der Waals surface area contributed by atoms with Crippen molar-refractivity contribution < 1.29 is 13.5 Å². The number of aromatic amines is 1. The molecule has 0 radical (unpaired) electrons. The molecule has 2 N–H and O–H groups in total.